The predicted octanol–water partition coefficient (Wildman–Crippen LogP) is -0.641. The minimum atomic E-state index is -1.29. The van der Waals surface area contributed by atoms with E-state index in [0.717, 1.165) is 11.4 Å². The van der Waals surface area contributed by atoms with Gasteiger partial charge < -0.3 is 15.5 Å². The number of aromatic nitrogens is 2. The van der Waals surface area contributed by atoms with E-state index in [2.05, 4.69) is 10.4 Å². The Kier molecular flexibility index (Phi) is 4.25. The molecule has 0 aliphatic rings. The Balaban J connectivity index is 2.48. The maximum absolute atomic E-state index is 11.6. The second-order valence-corrected chi connectivity index (χ2v) is 4.52. The van der Waals surface area contributed by atoms with Gasteiger partial charge in [-0.25, -0.2) is 0 Å². The lowest BCUT2D eigenvalue weighted by atomic mass is 10.1. The standard InChI is InChI=1S/C11H19N3O3/c1-8-4-9(2)14(13-8)5-10(16)12-6-11(3,17)7-15/h4,15,17H,5-7H2,1-3H3,(H,12,16). The number of nitrogens with zero attached hydrogens (tertiary/aromatic N) is 2. The minimum Gasteiger partial charge on any atom is -0.393 e. The van der Waals surface area contributed by atoms with Crippen molar-refractivity contribution in [3.8, 4) is 0 Å². The normalized spacial score (nSPS) is 14.4. The molecule has 1 aromatic rings. The van der Waals surface area contributed by atoms with Crippen LogP contribution in [0.3, 0.4) is 0 Å². The van der Waals surface area contributed by atoms with Gasteiger partial charge in [-0.05, 0) is 26.8 Å². The molecule has 0 aliphatic carbocycles. The van der Waals surface area contributed by atoms with E-state index in [-0.39, 0.29) is 19.0 Å². The number of carbonyl (C=O) groups excluding carboxylic acids is 1. The fraction of sp³-hybridized carbons (Fsp3) is 0.636. The van der Waals surface area contributed by atoms with Crippen LogP contribution in [-0.2, 0) is 11.3 Å². The van der Waals surface area contributed by atoms with Gasteiger partial charge in [0, 0.05) is 12.2 Å². The zero-order chi connectivity index (χ0) is 13.1. The Morgan fingerprint density at radius 1 is 1.59 bits per heavy atom. The highest BCUT2D eigenvalue weighted by Crippen LogP contribution is 2.02. The number of aryl methyl sites for hydroxylation is 2. The summed E-state index contributed by atoms with van der Waals surface area (Å²) in [5.74, 6) is -0.245. The van der Waals surface area contributed by atoms with Crippen molar-refractivity contribution in [1.82, 2.24) is 15.1 Å². The summed E-state index contributed by atoms with van der Waals surface area (Å²) in [6.07, 6.45) is 0. The van der Waals surface area contributed by atoms with Crippen LogP contribution in [0.5, 0.6) is 0 Å². The summed E-state index contributed by atoms with van der Waals surface area (Å²) in [7, 11) is 0. The van der Waals surface area contributed by atoms with Gasteiger partial charge in [0.1, 0.15) is 12.1 Å². The van der Waals surface area contributed by atoms with Crippen LogP contribution in [-0.4, -0.2) is 44.7 Å². The predicted molar refractivity (Wildman–Crippen MR) is 62.4 cm³/mol. The molecule has 1 rings (SSSR count). The summed E-state index contributed by atoms with van der Waals surface area (Å²) >= 11 is 0. The Hall–Kier alpha value is -1.40. The van der Waals surface area contributed by atoms with E-state index in [1.807, 2.05) is 19.9 Å². The summed E-state index contributed by atoms with van der Waals surface area (Å²) in [5.41, 5.74) is 0.481. The van der Waals surface area contributed by atoms with E-state index in [1.165, 1.54) is 6.92 Å². The highest BCUT2D eigenvalue weighted by molar-refractivity contribution is 5.75. The number of hydrogen-bond acceptors (Lipinski definition) is 4. The number of hydrogen-bond donors (Lipinski definition) is 3. The molecule has 0 spiro atoms. The van der Waals surface area contributed by atoms with Crippen LogP contribution in [0.1, 0.15) is 18.3 Å². The maximum Gasteiger partial charge on any atom is 0.241 e. The van der Waals surface area contributed by atoms with Crippen molar-refractivity contribution in [2.24, 2.45) is 0 Å². The number of amides is 1. The van der Waals surface area contributed by atoms with Crippen LogP contribution < -0.4 is 5.32 Å². The summed E-state index contributed by atoms with van der Waals surface area (Å²) in [6.45, 7) is 4.92. The third kappa shape index (κ3) is 4.16. The molecule has 0 bridgehead atoms. The largest absolute Gasteiger partial charge is 0.393 e. The summed E-state index contributed by atoms with van der Waals surface area (Å²) < 4.78 is 1.60. The average Bonchev–Trinajstić information content (AvgIpc) is 2.55. The zero-order valence-corrected chi connectivity index (χ0v) is 10.4. The molecule has 0 saturated heterocycles. The zero-order valence-electron chi connectivity index (χ0n) is 10.4. The lowest BCUT2D eigenvalue weighted by Crippen LogP contribution is -2.44. The number of carbonyl (C=O) groups is 1. The second kappa shape index (κ2) is 5.29. The molecule has 0 aliphatic heterocycles. The highest BCUT2D eigenvalue weighted by Gasteiger charge is 2.19. The van der Waals surface area contributed by atoms with E-state index in [1.54, 1.807) is 4.68 Å². The molecule has 1 unspecified atom stereocenters. The van der Waals surface area contributed by atoms with Gasteiger partial charge in [-0.1, -0.05) is 0 Å². The molecule has 0 radical (unpaired) electrons. The summed E-state index contributed by atoms with van der Waals surface area (Å²) in [5, 5.41) is 25.0. The van der Waals surface area contributed by atoms with Gasteiger partial charge in [-0.2, -0.15) is 5.10 Å². The molecular formula is C11H19N3O3. The van der Waals surface area contributed by atoms with Crippen molar-refractivity contribution in [3.05, 3.63) is 17.5 Å². The van der Waals surface area contributed by atoms with Crippen molar-refractivity contribution in [1.29, 1.82) is 0 Å². The number of aliphatic hydroxyl groups excluding tert-OH is 1. The third-order valence-electron chi connectivity index (χ3n) is 2.40. The van der Waals surface area contributed by atoms with Gasteiger partial charge in [0.05, 0.1) is 12.3 Å². The van der Waals surface area contributed by atoms with Crippen molar-refractivity contribution < 1.29 is 15.0 Å². The van der Waals surface area contributed by atoms with Gasteiger partial charge in [0.2, 0.25) is 5.91 Å². The number of nitrogens with one attached hydrogen (secondary N) is 1. The van der Waals surface area contributed by atoms with E-state index in [0.29, 0.717) is 0 Å². The SMILES string of the molecule is Cc1cc(C)n(CC(=O)NCC(C)(O)CO)n1. The van der Waals surface area contributed by atoms with Crippen LogP contribution in [0.25, 0.3) is 0 Å². The molecule has 3 N–H and O–H groups in total. The fourth-order valence-electron chi connectivity index (χ4n) is 1.37. The first-order chi connectivity index (χ1) is 7.84. The molecule has 6 nitrogen and oxygen atoms in total. The molecular weight excluding hydrogens is 222 g/mol. The summed E-state index contributed by atoms with van der Waals surface area (Å²) in [4.78, 5) is 11.6. The molecule has 1 heterocycles. The van der Waals surface area contributed by atoms with Crippen LogP contribution >= 0.6 is 0 Å². The number of rotatable bonds is 5. The molecule has 1 amide bonds. The topological polar surface area (TPSA) is 87.4 Å². The fourth-order valence-corrected chi connectivity index (χ4v) is 1.37. The van der Waals surface area contributed by atoms with E-state index < -0.39 is 12.2 Å². The lowest BCUT2D eigenvalue weighted by Gasteiger charge is -2.20. The third-order valence-corrected chi connectivity index (χ3v) is 2.40. The van der Waals surface area contributed by atoms with Crippen LogP contribution in [0.4, 0.5) is 0 Å². The van der Waals surface area contributed by atoms with Gasteiger partial charge in [0.15, 0.2) is 0 Å². The van der Waals surface area contributed by atoms with Crippen molar-refractivity contribution in [3.63, 3.8) is 0 Å². The van der Waals surface area contributed by atoms with Crippen LogP contribution in [0.15, 0.2) is 6.07 Å². The first-order valence-electron chi connectivity index (χ1n) is 5.45. The molecule has 96 valence electrons. The molecule has 1 aromatic heterocycles. The Labute approximate surface area is 100 Å². The molecule has 0 fully saturated rings. The Bertz CT molecular complexity index is 399. The first-order valence-corrected chi connectivity index (χ1v) is 5.45. The number of aliphatic hydroxyl groups is 2. The smallest absolute Gasteiger partial charge is 0.241 e. The van der Waals surface area contributed by atoms with E-state index in [4.69, 9.17) is 5.11 Å². The molecule has 0 aromatic carbocycles. The minimum absolute atomic E-state index is 0.0155. The molecule has 17 heavy (non-hydrogen) atoms. The van der Waals surface area contributed by atoms with Crippen molar-refractivity contribution in [2.75, 3.05) is 13.2 Å². The Morgan fingerprint density at radius 3 is 2.71 bits per heavy atom. The second-order valence-electron chi connectivity index (χ2n) is 4.52. The van der Waals surface area contributed by atoms with Gasteiger partial charge in [0.25, 0.3) is 0 Å². The van der Waals surface area contributed by atoms with Crippen LogP contribution in [0.2, 0.25) is 0 Å². The Morgan fingerprint density at radius 2 is 2.24 bits per heavy atom. The molecule has 1 atom stereocenters. The van der Waals surface area contributed by atoms with Crippen LogP contribution in [0, 0.1) is 13.8 Å². The molecule has 0 saturated carbocycles. The van der Waals surface area contributed by atoms with Crippen molar-refractivity contribution in [2.45, 2.75) is 32.9 Å². The first kappa shape index (κ1) is 13.7. The van der Waals surface area contributed by atoms with Gasteiger partial charge >= 0.3 is 0 Å². The average molecular weight is 241 g/mol. The molecule has 6 heteroatoms. The monoisotopic (exact) mass is 241 g/mol. The maximum atomic E-state index is 11.6. The quantitative estimate of drug-likeness (QED) is 0.640. The van der Waals surface area contributed by atoms with E-state index in [9.17, 15) is 9.90 Å². The van der Waals surface area contributed by atoms with E-state index >= 15 is 0 Å². The van der Waals surface area contributed by atoms with Gasteiger partial charge in [-0.15, -0.1) is 0 Å². The lowest BCUT2D eigenvalue weighted by molar-refractivity contribution is -0.123. The highest BCUT2D eigenvalue weighted by atomic mass is 16.3. The summed E-state index contributed by atoms with van der Waals surface area (Å²) in [6, 6.07) is 1.89. The van der Waals surface area contributed by atoms with Gasteiger partial charge in [-0.3, -0.25) is 9.48 Å². The van der Waals surface area contributed by atoms with Crippen molar-refractivity contribution >= 4 is 5.91 Å².